The standard InChI is InChI=1S/C15H12BrNO2S/c16-15-11(6-7-19-15)13(18)8-14-17-12(9-20-14)10-4-2-1-3-5-10/h1-7,9,13,18H,8H2. The summed E-state index contributed by atoms with van der Waals surface area (Å²) in [5.74, 6) is 0. The molecular formula is C15H12BrNO2S. The number of aliphatic hydroxyl groups excluding tert-OH is 1. The second kappa shape index (κ2) is 5.91. The Bertz CT molecular complexity index is 693. The molecule has 0 aliphatic heterocycles. The van der Waals surface area contributed by atoms with Gasteiger partial charge in [-0.25, -0.2) is 4.98 Å². The van der Waals surface area contributed by atoms with Crippen LogP contribution in [0.3, 0.4) is 0 Å². The Morgan fingerprint density at radius 1 is 1.25 bits per heavy atom. The van der Waals surface area contributed by atoms with Gasteiger partial charge in [0.15, 0.2) is 4.67 Å². The van der Waals surface area contributed by atoms with Crippen molar-refractivity contribution in [3.8, 4) is 11.3 Å². The summed E-state index contributed by atoms with van der Waals surface area (Å²) >= 11 is 4.84. The van der Waals surface area contributed by atoms with E-state index in [2.05, 4.69) is 20.9 Å². The van der Waals surface area contributed by atoms with Crippen LogP contribution in [-0.4, -0.2) is 10.1 Å². The van der Waals surface area contributed by atoms with E-state index in [9.17, 15) is 5.11 Å². The molecule has 1 unspecified atom stereocenters. The van der Waals surface area contributed by atoms with Crippen LogP contribution >= 0.6 is 27.3 Å². The Morgan fingerprint density at radius 3 is 2.75 bits per heavy atom. The first-order chi connectivity index (χ1) is 9.74. The molecule has 0 aliphatic rings. The Labute approximate surface area is 129 Å². The highest BCUT2D eigenvalue weighted by atomic mass is 79.9. The van der Waals surface area contributed by atoms with Gasteiger partial charge < -0.3 is 9.52 Å². The van der Waals surface area contributed by atoms with E-state index >= 15 is 0 Å². The molecule has 3 rings (SSSR count). The van der Waals surface area contributed by atoms with Crippen molar-refractivity contribution in [3.05, 3.63) is 63.3 Å². The lowest BCUT2D eigenvalue weighted by atomic mass is 10.1. The molecular weight excluding hydrogens is 338 g/mol. The van der Waals surface area contributed by atoms with Crippen molar-refractivity contribution in [2.24, 2.45) is 0 Å². The van der Waals surface area contributed by atoms with Gasteiger partial charge in [0, 0.05) is 22.9 Å². The maximum atomic E-state index is 10.2. The van der Waals surface area contributed by atoms with E-state index < -0.39 is 6.10 Å². The van der Waals surface area contributed by atoms with Gasteiger partial charge in [-0.3, -0.25) is 0 Å². The third-order valence-electron chi connectivity index (χ3n) is 2.99. The van der Waals surface area contributed by atoms with Crippen LogP contribution in [-0.2, 0) is 6.42 Å². The van der Waals surface area contributed by atoms with E-state index in [1.54, 1.807) is 23.7 Å². The fraction of sp³-hybridized carbons (Fsp3) is 0.133. The average molecular weight is 350 g/mol. The first-order valence-corrected chi connectivity index (χ1v) is 7.82. The van der Waals surface area contributed by atoms with Crippen LogP contribution in [0.1, 0.15) is 16.7 Å². The predicted molar refractivity (Wildman–Crippen MR) is 82.6 cm³/mol. The van der Waals surface area contributed by atoms with Crippen molar-refractivity contribution >= 4 is 27.3 Å². The Morgan fingerprint density at radius 2 is 2.05 bits per heavy atom. The van der Waals surface area contributed by atoms with E-state index in [-0.39, 0.29) is 0 Å². The van der Waals surface area contributed by atoms with Crippen molar-refractivity contribution < 1.29 is 9.52 Å². The number of benzene rings is 1. The lowest BCUT2D eigenvalue weighted by molar-refractivity contribution is 0.176. The minimum Gasteiger partial charge on any atom is -0.457 e. The zero-order valence-corrected chi connectivity index (χ0v) is 12.9. The number of rotatable bonds is 4. The van der Waals surface area contributed by atoms with E-state index in [4.69, 9.17) is 4.42 Å². The maximum Gasteiger partial charge on any atom is 0.174 e. The summed E-state index contributed by atoms with van der Waals surface area (Å²) in [5, 5.41) is 13.1. The Balaban J connectivity index is 1.76. The largest absolute Gasteiger partial charge is 0.457 e. The maximum absolute atomic E-state index is 10.2. The minimum absolute atomic E-state index is 0.482. The summed E-state index contributed by atoms with van der Waals surface area (Å²) in [7, 11) is 0. The van der Waals surface area contributed by atoms with Crippen LogP contribution in [0.25, 0.3) is 11.3 Å². The number of hydrogen-bond acceptors (Lipinski definition) is 4. The number of hydrogen-bond donors (Lipinski definition) is 1. The van der Waals surface area contributed by atoms with Crippen LogP contribution in [0.5, 0.6) is 0 Å². The van der Waals surface area contributed by atoms with Crippen LogP contribution in [0.2, 0.25) is 0 Å². The monoisotopic (exact) mass is 349 g/mol. The number of furan rings is 1. The topological polar surface area (TPSA) is 46.3 Å². The number of halogens is 1. The van der Waals surface area contributed by atoms with Gasteiger partial charge in [0.2, 0.25) is 0 Å². The molecule has 2 aromatic heterocycles. The molecule has 5 heteroatoms. The molecule has 0 fully saturated rings. The third kappa shape index (κ3) is 2.85. The van der Waals surface area contributed by atoms with Gasteiger partial charge in [0.1, 0.15) is 0 Å². The van der Waals surface area contributed by atoms with Crippen molar-refractivity contribution in [2.75, 3.05) is 0 Å². The molecule has 102 valence electrons. The van der Waals surface area contributed by atoms with E-state index in [1.165, 1.54) is 0 Å². The average Bonchev–Trinajstić information content (AvgIpc) is 3.09. The number of nitrogens with zero attached hydrogens (tertiary/aromatic N) is 1. The van der Waals surface area contributed by atoms with Gasteiger partial charge in [-0.2, -0.15) is 0 Å². The summed E-state index contributed by atoms with van der Waals surface area (Å²) in [6, 6.07) is 11.8. The molecule has 0 bridgehead atoms. The second-order valence-corrected chi connectivity index (χ2v) is 6.02. The molecule has 1 N–H and O–H groups in total. The fourth-order valence-corrected chi connectivity index (χ4v) is 3.31. The lowest BCUT2D eigenvalue weighted by Crippen LogP contribution is -2.00. The van der Waals surface area contributed by atoms with E-state index in [0.717, 1.165) is 21.8 Å². The van der Waals surface area contributed by atoms with Crippen LogP contribution in [0.4, 0.5) is 0 Å². The van der Waals surface area contributed by atoms with Gasteiger partial charge >= 0.3 is 0 Å². The zero-order chi connectivity index (χ0) is 13.9. The van der Waals surface area contributed by atoms with Crippen molar-refractivity contribution in [2.45, 2.75) is 12.5 Å². The van der Waals surface area contributed by atoms with Crippen molar-refractivity contribution in [3.63, 3.8) is 0 Å². The highest BCUT2D eigenvalue weighted by Crippen LogP contribution is 2.29. The molecule has 1 aromatic carbocycles. The van der Waals surface area contributed by atoms with Gasteiger partial charge in [0.05, 0.1) is 23.1 Å². The molecule has 0 saturated heterocycles. The molecule has 20 heavy (non-hydrogen) atoms. The molecule has 0 saturated carbocycles. The summed E-state index contributed by atoms with van der Waals surface area (Å²) in [6.07, 6.45) is 1.42. The summed E-state index contributed by atoms with van der Waals surface area (Å²) < 4.78 is 5.71. The number of aliphatic hydroxyl groups is 1. The van der Waals surface area contributed by atoms with Gasteiger partial charge in [0.25, 0.3) is 0 Å². The molecule has 0 aliphatic carbocycles. The van der Waals surface area contributed by atoms with E-state index in [0.29, 0.717) is 11.1 Å². The van der Waals surface area contributed by atoms with Crippen LogP contribution < -0.4 is 0 Å². The predicted octanol–water partition coefficient (Wildman–Crippen LogP) is 4.44. The van der Waals surface area contributed by atoms with E-state index in [1.807, 2.05) is 35.7 Å². The highest BCUT2D eigenvalue weighted by Gasteiger charge is 2.16. The van der Waals surface area contributed by atoms with Crippen LogP contribution in [0.15, 0.2) is 57.1 Å². The molecule has 3 aromatic rings. The first-order valence-electron chi connectivity index (χ1n) is 6.15. The second-order valence-electron chi connectivity index (χ2n) is 4.36. The van der Waals surface area contributed by atoms with Crippen molar-refractivity contribution in [1.29, 1.82) is 0 Å². The molecule has 2 heterocycles. The van der Waals surface area contributed by atoms with Crippen LogP contribution in [0, 0.1) is 0 Å². The SMILES string of the molecule is OC(Cc1nc(-c2ccccc2)cs1)c1ccoc1Br. The van der Waals surface area contributed by atoms with Gasteiger partial charge in [-0.05, 0) is 22.0 Å². The normalized spacial score (nSPS) is 12.5. The summed E-state index contributed by atoms with van der Waals surface area (Å²) in [4.78, 5) is 4.57. The number of thiazole rings is 1. The zero-order valence-electron chi connectivity index (χ0n) is 10.5. The summed E-state index contributed by atoms with van der Waals surface area (Å²) in [6.45, 7) is 0. The van der Waals surface area contributed by atoms with Gasteiger partial charge in [-0.1, -0.05) is 30.3 Å². The first kappa shape index (κ1) is 13.5. The minimum atomic E-state index is -0.613. The van der Waals surface area contributed by atoms with Crippen molar-refractivity contribution in [1.82, 2.24) is 4.98 Å². The fourth-order valence-electron chi connectivity index (χ4n) is 1.96. The molecule has 0 radical (unpaired) electrons. The quantitative estimate of drug-likeness (QED) is 0.757. The Kier molecular flexibility index (Phi) is 4.00. The smallest absolute Gasteiger partial charge is 0.174 e. The molecule has 0 amide bonds. The number of aromatic nitrogens is 1. The molecule has 3 nitrogen and oxygen atoms in total. The Hall–Kier alpha value is -1.43. The summed E-state index contributed by atoms with van der Waals surface area (Å²) in [5.41, 5.74) is 2.79. The highest BCUT2D eigenvalue weighted by molar-refractivity contribution is 9.10. The lowest BCUT2D eigenvalue weighted by Gasteiger charge is -2.06. The van der Waals surface area contributed by atoms with Gasteiger partial charge in [-0.15, -0.1) is 11.3 Å². The molecule has 0 spiro atoms. The molecule has 1 atom stereocenters. The third-order valence-corrected chi connectivity index (χ3v) is 4.51.